The van der Waals surface area contributed by atoms with E-state index in [0.29, 0.717) is 12.1 Å². The first-order valence-electron chi connectivity index (χ1n) is 7.91. The summed E-state index contributed by atoms with van der Waals surface area (Å²) >= 11 is 5.93. The molecule has 2 N–H and O–H groups in total. The van der Waals surface area contributed by atoms with Crippen LogP contribution in [0.3, 0.4) is 0 Å². The minimum atomic E-state index is 0. The van der Waals surface area contributed by atoms with E-state index >= 15 is 0 Å². The molecule has 2 rings (SSSR count). The Morgan fingerprint density at radius 3 is 2.60 bits per heavy atom. The predicted octanol–water partition coefficient (Wildman–Crippen LogP) is 4.65. The van der Waals surface area contributed by atoms with E-state index in [-0.39, 0.29) is 30.0 Å². The Hall–Kier alpha value is -1.78. The molecular formula is C19H22ClIN4. The van der Waals surface area contributed by atoms with Crippen LogP contribution in [0.1, 0.15) is 36.6 Å². The fourth-order valence-electron chi connectivity index (χ4n) is 2.27. The van der Waals surface area contributed by atoms with Gasteiger partial charge in [0.2, 0.25) is 0 Å². The molecule has 0 aliphatic carbocycles. The van der Waals surface area contributed by atoms with E-state index in [0.717, 1.165) is 28.7 Å². The summed E-state index contributed by atoms with van der Waals surface area (Å²) in [6, 6.07) is 17.5. The molecule has 1 unspecified atom stereocenters. The van der Waals surface area contributed by atoms with Crippen LogP contribution in [0.4, 0.5) is 0 Å². The van der Waals surface area contributed by atoms with Gasteiger partial charge in [-0.15, -0.1) is 24.0 Å². The Balaban J connectivity index is 0.00000312. The van der Waals surface area contributed by atoms with Crippen molar-refractivity contribution in [2.75, 3.05) is 6.54 Å². The number of guanidine groups is 1. The molecule has 6 heteroatoms. The van der Waals surface area contributed by atoms with Gasteiger partial charge in [-0.05, 0) is 49.2 Å². The molecule has 0 heterocycles. The third-order valence-electron chi connectivity index (χ3n) is 3.54. The van der Waals surface area contributed by atoms with E-state index in [4.69, 9.17) is 16.9 Å². The van der Waals surface area contributed by atoms with Crippen LogP contribution in [0.15, 0.2) is 53.5 Å². The van der Waals surface area contributed by atoms with Crippen molar-refractivity contribution in [1.82, 2.24) is 10.6 Å². The Labute approximate surface area is 171 Å². The summed E-state index contributed by atoms with van der Waals surface area (Å²) < 4.78 is 0. The zero-order chi connectivity index (χ0) is 17.4. The number of benzene rings is 2. The van der Waals surface area contributed by atoms with E-state index in [2.05, 4.69) is 28.6 Å². The van der Waals surface area contributed by atoms with Crippen molar-refractivity contribution in [3.8, 4) is 6.07 Å². The number of hydrogen-bond acceptors (Lipinski definition) is 2. The lowest BCUT2D eigenvalue weighted by Gasteiger charge is -2.18. The highest BCUT2D eigenvalue weighted by atomic mass is 127. The average Bonchev–Trinajstić information content (AvgIpc) is 2.60. The SMILES string of the molecule is CCNC(=NCc1cccc(C#N)c1)NC(C)c1ccc(Cl)cc1.I. The fraction of sp³-hybridized carbons (Fsp3) is 0.263. The number of halogens is 2. The van der Waals surface area contributed by atoms with Gasteiger partial charge in [0.15, 0.2) is 5.96 Å². The topological polar surface area (TPSA) is 60.2 Å². The zero-order valence-corrected chi connectivity index (χ0v) is 17.4. The van der Waals surface area contributed by atoms with Crippen LogP contribution >= 0.6 is 35.6 Å². The first-order valence-corrected chi connectivity index (χ1v) is 8.29. The van der Waals surface area contributed by atoms with Crippen molar-refractivity contribution in [3.05, 3.63) is 70.2 Å². The average molecular weight is 469 g/mol. The van der Waals surface area contributed by atoms with E-state index in [1.165, 1.54) is 0 Å². The van der Waals surface area contributed by atoms with Gasteiger partial charge < -0.3 is 10.6 Å². The third-order valence-corrected chi connectivity index (χ3v) is 3.80. The van der Waals surface area contributed by atoms with Crippen LogP contribution in [0.2, 0.25) is 5.02 Å². The standard InChI is InChI=1S/C19H21ClN4.HI/c1-3-22-19(23-13-16-6-4-5-15(11-16)12-21)24-14(2)17-7-9-18(20)10-8-17;/h4-11,14H,3,13H2,1-2H3,(H2,22,23,24);1H. The van der Waals surface area contributed by atoms with E-state index in [1.807, 2.05) is 49.4 Å². The van der Waals surface area contributed by atoms with Gasteiger partial charge in [0.25, 0.3) is 0 Å². The number of nitrogens with zero attached hydrogens (tertiary/aromatic N) is 2. The van der Waals surface area contributed by atoms with Gasteiger partial charge in [0, 0.05) is 11.6 Å². The van der Waals surface area contributed by atoms with Crippen molar-refractivity contribution in [2.24, 2.45) is 4.99 Å². The Bertz CT molecular complexity index is 738. The molecule has 0 saturated heterocycles. The highest BCUT2D eigenvalue weighted by molar-refractivity contribution is 14.0. The summed E-state index contributed by atoms with van der Waals surface area (Å²) in [7, 11) is 0. The Morgan fingerprint density at radius 1 is 1.24 bits per heavy atom. The second-order valence-electron chi connectivity index (χ2n) is 5.42. The molecule has 2 aromatic rings. The van der Waals surface area contributed by atoms with Crippen LogP contribution in [-0.2, 0) is 6.54 Å². The minimum absolute atomic E-state index is 0. The Morgan fingerprint density at radius 2 is 1.96 bits per heavy atom. The maximum atomic E-state index is 8.97. The molecule has 0 aliphatic heterocycles. The van der Waals surface area contributed by atoms with E-state index in [1.54, 1.807) is 6.07 Å². The third kappa shape index (κ3) is 6.92. The molecule has 4 nitrogen and oxygen atoms in total. The molecule has 0 saturated carbocycles. The van der Waals surface area contributed by atoms with Gasteiger partial charge in [-0.2, -0.15) is 5.26 Å². The first kappa shape index (κ1) is 21.3. The molecular weight excluding hydrogens is 447 g/mol. The van der Waals surface area contributed by atoms with Gasteiger partial charge in [-0.25, -0.2) is 4.99 Å². The van der Waals surface area contributed by atoms with Gasteiger partial charge in [-0.3, -0.25) is 0 Å². The van der Waals surface area contributed by atoms with E-state index in [9.17, 15) is 0 Å². The summed E-state index contributed by atoms with van der Waals surface area (Å²) in [5.74, 6) is 0.738. The molecule has 25 heavy (non-hydrogen) atoms. The Kier molecular flexibility index (Phi) is 9.32. The second kappa shape index (κ2) is 11.0. The lowest BCUT2D eigenvalue weighted by Crippen LogP contribution is -2.38. The lowest BCUT2D eigenvalue weighted by atomic mass is 10.1. The minimum Gasteiger partial charge on any atom is -0.357 e. The van der Waals surface area contributed by atoms with Crippen LogP contribution in [-0.4, -0.2) is 12.5 Å². The van der Waals surface area contributed by atoms with Crippen LogP contribution in [0, 0.1) is 11.3 Å². The molecule has 0 amide bonds. The highest BCUT2D eigenvalue weighted by Gasteiger charge is 2.07. The predicted molar refractivity (Wildman–Crippen MR) is 114 cm³/mol. The first-order chi connectivity index (χ1) is 11.6. The number of nitrogens with one attached hydrogen (secondary N) is 2. The molecule has 0 aliphatic rings. The van der Waals surface area contributed by atoms with Crippen LogP contribution in [0.25, 0.3) is 0 Å². The normalized spacial score (nSPS) is 11.8. The van der Waals surface area contributed by atoms with Crippen molar-refractivity contribution in [2.45, 2.75) is 26.4 Å². The second-order valence-corrected chi connectivity index (χ2v) is 5.86. The lowest BCUT2D eigenvalue weighted by molar-refractivity contribution is 0.686. The zero-order valence-electron chi connectivity index (χ0n) is 14.3. The molecule has 132 valence electrons. The number of nitriles is 1. The van der Waals surface area contributed by atoms with Gasteiger partial charge >= 0.3 is 0 Å². The monoisotopic (exact) mass is 468 g/mol. The van der Waals surface area contributed by atoms with Gasteiger partial charge in [0.05, 0.1) is 24.2 Å². The molecule has 0 spiro atoms. The number of hydrogen-bond donors (Lipinski definition) is 2. The quantitative estimate of drug-likeness (QED) is 0.382. The largest absolute Gasteiger partial charge is 0.357 e. The highest BCUT2D eigenvalue weighted by Crippen LogP contribution is 2.16. The van der Waals surface area contributed by atoms with Crippen molar-refractivity contribution in [1.29, 1.82) is 5.26 Å². The van der Waals surface area contributed by atoms with Gasteiger partial charge in [-0.1, -0.05) is 35.9 Å². The maximum absolute atomic E-state index is 8.97. The summed E-state index contributed by atoms with van der Waals surface area (Å²) in [6.07, 6.45) is 0. The molecule has 0 fully saturated rings. The van der Waals surface area contributed by atoms with Crippen molar-refractivity contribution >= 4 is 41.5 Å². The summed E-state index contributed by atoms with van der Waals surface area (Å²) in [5.41, 5.74) is 2.79. The fourth-order valence-corrected chi connectivity index (χ4v) is 2.40. The van der Waals surface area contributed by atoms with E-state index < -0.39 is 0 Å². The molecule has 1 atom stereocenters. The van der Waals surface area contributed by atoms with Crippen LogP contribution in [0.5, 0.6) is 0 Å². The number of rotatable bonds is 5. The molecule has 2 aromatic carbocycles. The smallest absolute Gasteiger partial charge is 0.192 e. The number of aliphatic imine (C=N–C) groups is 1. The molecule has 0 bridgehead atoms. The molecule has 0 aromatic heterocycles. The van der Waals surface area contributed by atoms with Crippen molar-refractivity contribution < 1.29 is 0 Å². The van der Waals surface area contributed by atoms with Crippen LogP contribution < -0.4 is 10.6 Å². The van der Waals surface area contributed by atoms with Gasteiger partial charge in [0.1, 0.15) is 0 Å². The summed E-state index contributed by atoms with van der Waals surface area (Å²) in [6.45, 7) is 5.39. The summed E-state index contributed by atoms with van der Waals surface area (Å²) in [4.78, 5) is 4.60. The maximum Gasteiger partial charge on any atom is 0.192 e. The van der Waals surface area contributed by atoms with Crippen molar-refractivity contribution in [3.63, 3.8) is 0 Å². The summed E-state index contributed by atoms with van der Waals surface area (Å²) in [5, 5.41) is 16.3. The molecule has 0 radical (unpaired) electrons.